The normalized spacial score (nSPS) is 13.4. The zero-order chi connectivity index (χ0) is 18.0. The molecule has 0 aliphatic carbocycles. The van der Waals surface area contributed by atoms with Crippen LogP contribution >= 0.6 is 0 Å². The van der Waals surface area contributed by atoms with Crippen LogP contribution in [0.15, 0.2) is 66.7 Å². The van der Waals surface area contributed by atoms with Gasteiger partial charge in [-0.3, -0.25) is 4.90 Å². The lowest BCUT2D eigenvalue weighted by molar-refractivity contribution is 0.254. The van der Waals surface area contributed by atoms with E-state index in [0.717, 1.165) is 6.54 Å². The van der Waals surface area contributed by atoms with Crippen LogP contribution in [0.4, 0.5) is 0 Å². The Labute approximate surface area is 152 Å². The number of nitrogens with zero attached hydrogens (tertiary/aromatic N) is 1. The van der Waals surface area contributed by atoms with Gasteiger partial charge in [-0.05, 0) is 46.8 Å². The summed E-state index contributed by atoms with van der Waals surface area (Å²) in [6, 6.07) is 24.7. The maximum atomic E-state index is 2.42. The lowest BCUT2D eigenvalue weighted by atomic mass is 9.86. The highest BCUT2D eigenvalue weighted by Crippen LogP contribution is 2.28. The van der Waals surface area contributed by atoms with Gasteiger partial charge in [-0.2, -0.15) is 0 Å². The Balaban J connectivity index is 1.79. The molecule has 130 valence electrons. The highest BCUT2D eigenvalue weighted by Gasteiger charge is 2.16. The van der Waals surface area contributed by atoms with E-state index >= 15 is 0 Å². The van der Waals surface area contributed by atoms with Crippen LogP contribution in [0.1, 0.15) is 50.4 Å². The van der Waals surface area contributed by atoms with Crippen molar-refractivity contribution < 1.29 is 0 Å². The molecule has 3 aromatic carbocycles. The number of fused-ring (bicyclic) bond motifs is 1. The number of rotatable bonds is 4. The third-order valence-corrected chi connectivity index (χ3v) is 5.19. The first-order valence-electron chi connectivity index (χ1n) is 9.13. The Morgan fingerprint density at radius 1 is 0.840 bits per heavy atom. The predicted octanol–water partition coefficient (Wildman–Crippen LogP) is 6.33. The van der Waals surface area contributed by atoms with Gasteiger partial charge in [-0.1, -0.05) is 87.5 Å². The van der Waals surface area contributed by atoms with E-state index in [-0.39, 0.29) is 5.41 Å². The zero-order valence-electron chi connectivity index (χ0n) is 16.1. The van der Waals surface area contributed by atoms with Crippen LogP contribution in [0.3, 0.4) is 0 Å². The molecule has 0 aromatic heterocycles. The van der Waals surface area contributed by atoms with Gasteiger partial charge in [0.15, 0.2) is 0 Å². The molecule has 0 saturated heterocycles. The van der Waals surface area contributed by atoms with Gasteiger partial charge in [0.1, 0.15) is 0 Å². The Bertz CT molecular complexity index is 835. The fourth-order valence-corrected chi connectivity index (χ4v) is 3.39. The van der Waals surface area contributed by atoms with Crippen LogP contribution in [-0.4, -0.2) is 11.9 Å². The smallest absolute Gasteiger partial charge is 0.0326 e. The number of hydrogen-bond acceptors (Lipinski definition) is 1. The molecule has 0 fully saturated rings. The molecule has 25 heavy (non-hydrogen) atoms. The highest BCUT2D eigenvalue weighted by molar-refractivity contribution is 5.86. The first kappa shape index (κ1) is 17.7. The van der Waals surface area contributed by atoms with Crippen molar-refractivity contribution >= 4 is 10.8 Å². The van der Waals surface area contributed by atoms with Gasteiger partial charge in [0.05, 0.1) is 0 Å². The molecule has 1 heteroatoms. The van der Waals surface area contributed by atoms with E-state index in [1.807, 2.05) is 0 Å². The summed E-state index contributed by atoms with van der Waals surface area (Å²) in [5.41, 5.74) is 4.36. The highest BCUT2D eigenvalue weighted by atomic mass is 15.1. The maximum absolute atomic E-state index is 2.42. The molecule has 0 aliphatic rings. The Morgan fingerprint density at radius 3 is 2.16 bits per heavy atom. The van der Waals surface area contributed by atoms with Crippen LogP contribution in [-0.2, 0) is 12.0 Å². The Morgan fingerprint density at radius 2 is 1.48 bits per heavy atom. The fraction of sp³-hybridized carbons (Fsp3) is 0.333. The lowest BCUT2D eigenvalue weighted by Gasteiger charge is -2.27. The van der Waals surface area contributed by atoms with Crippen molar-refractivity contribution in [2.75, 3.05) is 7.05 Å². The molecule has 0 spiro atoms. The van der Waals surface area contributed by atoms with E-state index in [1.54, 1.807) is 0 Å². The summed E-state index contributed by atoms with van der Waals surface area (Å²) in [6.07, 6.45) is 0. The minimum absolute atomic E-state index is 0.209. The summed E-state index contributed by atoms with van der Waals surface area (Å²) in [4.78, 5) is 2.42. The monoisotopic (exact) mass is 331 g/mol. The van der Waals surface area contributed by atoms with Crippen molar-refractivity contribution in [3.8, 4) is 0 Å². The van der Waals surface area contributed by atoms with Crippen LogP contribution in [0.2, 0.25) is 0 Å². The van der Waals surface area contributed by atoms with E-state index in [4.69, 9.17) is 0 Å². The van der Waals surface area contributed by atoms with Crippen LogP contribution in [0.25, 0.3) is 10.8 Å². The van der Waals surface area contributed by atoms with Gasteiger partial charge in [0.2, 0.25) is 0 Å². The molecule has 1 atom stereocenters. The molecule has 0 amide bonds. The summed E-state index contributed by atoms with van der Waals surface area (Å²) < 4.78 is 0. The van der Waals surface area contributed by atoms with Crippen molar-refractivity contribution in [1.29, 1.82) is 0 Å². The molecule has 0 unspecified atom stereocenters. The molecular formula is C24H29N. The molecule has 3 aromatic rings. The molecule has 0 radical (unpaired) electrons. The topological polar surface area (TPSA) is 3.24 Å². The second-order valence-corrected chi connectivity index (χ2v) is 8.11. The molecule has 0 aliphatic heterocycles. The molecule has 1 nitrogen and oxygen atoms in total. The maximum Gasteiger partial charge on any atom is 0.0326 e. The van der Waals surface area contributed by atoms with Crippen molar-refractivity contribution in [3.63, 3.8) is 0 Å². The zero-order valence-corrected chi connectivity index (χ0v) is 16.1. The second-order valence-electron chi connectivity index (χ2n) is 8.11. The molecule has 0 N–H and O–H groups in total. The molecular weight excluding hydrogens is 302 g/mol. The Kier molecular flexibility index (Phi) is 4.96. The average Bonchev–Trinajstić information content (AvgIpc) is 2.60. The van der Waals surface area contributed by atoms with Crippen molar-refractivity contribution in [2.24, 2.45) is 0 Å². The molecule has 0 bridgehead atoms. The van der Waals surface area contributed by atoms with E-state index in [2.05, 4.69) is 106 Å². The third-order valence-electron chi connectivity index (χ3n) is 5.19. The second kappa shape index (κ2) is 7.01. The van der Waals surface area contributed by atoms with Gasteiger partial charge in [0, 0.05) is 12.6 Å². The quantitative estimate of drug-likeness (QED) is 0.540. The first-order chi connectivity index (χ1) is 11.9. The van der Waals surface area contributed by atoms with Gasteiger partial charge in [0.25, 0.3) is 0 Å². The SMILES string of the molecule is C[C@@H](c1cccc2ccccc12)N(C)Cc1ccc(C(C)(C)C)cc1. The summed E-state index contributed by atoms with van der Waals surface area (Å²) in [6.45, 7) is 10.0. The van der Waals surface area contributed by atoms with Gasteiger partial charge >= 0.3 is 0 Å². The van der Waals surface area contributed by atoms with Crippen LogP contribution < -0.4 is 0 Å². The molecule has 0 saturated carbocycles. The fourth-order valence-electron chi connectivity index (χ4n) is 3.39. The van der Waals surface area contributed by atoms with Crippen molar-refractivity contribution in [1.82, 2.24) is 4.90 Å². The van der Waals surface area contributed by atoms with E-state index in [1.165, 1.54) is 27.5 Å². The molecule has 0 heterocycles. The van der Waals surface area contributed by atoms with Gasteiger partial charge < -0.3 is 0 Å². The van der Waals surface area contributed by atoms with Gasteiger partial charge in [-0.25, -0.2) is 0 Å². The van der Waals surface area contributed by atoms with E-state index in [0.29, 0.717) is 6.04 Å². The van der Waals surface area contributed by atoms with E-state index in [9.17, 15) is 0 Å². The van der Waals surface area contributed by atoms with Crippen molar-refractivity contribution in [2.45, 2.75) is 45.7 Å². The summed E-state index contributed by atoms with van der Waals surface area (Å²) >= 11 is 0. The summed E-state index contributed by atoms with van der Waals surface area (Å²) in [5.74, 6) is 0. The Hall–Kier alpha value is -2.12. The largest absolute Gasteiger partial charge is 0.295 e. The van der Waals surface area contributed by atoms with Crippen molar-refractivity contribution in [3.05, 3.63) is 83.4 Å². The van der Waals surface area contributed by atoms with Gasteiger partial charge in [-0.15, -0.1) is 0 Å². The third kappa shape index (κ3) is 3.93. The average molecular weight is 332 g/mol. The number of benzene rings is 3. The first-order valence-corrected chi connectivity index (χ1v) is 9.13. The van der Waals surface area contributed by atoms with E-state index < -0.39 is 0 Å². The standard InChI is InChI=1S/C24H29N/c1-18(22-12-8-10-20-9-6-7-11-23(20)22)25(5)17-19-13-15-21(16-14-19)24(2,3)4/h6-16,18H,17H2,1-5H3/t18-/m0/s1. The summed E-state index contributed by atoms with van der Waals surface area (Å²) in [5, 5.41) is 2.67. The minimum Gasteiger partial charge on any atom is -0.295 e. The minimum atomic E-state index is 0.209. The predicted molar refractivity (Wildman–Crippen MR) is 109 cm³/mol. The van der Waals surface area contributed by atoms with Crippen LogP contribution in [0, 0.1) is 0 Å². The summed E-state index contributed by atoms with van der Waals surface area (Å²) in [7, 11) is 2.21. The molecule has 3 rings (SSSR count). The number of hydrogen-bond donors (Lipinski definition) is 0. The lowest BCUT2D eigenvalue weighted by Crippen LogP contribution is -2.22. The van der Waals surface area contributed by atoms with Crippen LogP contribution in [0.5, 0.6) is 0 Å².